The molecule has 1 aromatic rings. The van der Waals surface area contributed by atoms with Crippen molar-refractivity contribution < 1.29 is 14.2 Å². The van der Waals surface area contributed by atoms with E-state index in [0.29, 0.717) is 19.8 Å². The molecule has 0 bridgehead atoms. The molecule has 0 radical (unpaired) electrons. The number of nitrogens with one attached hydrogen (secondary N) is 1. The van der Waals surface area contributed by atoms with Crippen LogP contribution in [0.15, 0.2) is 6.20 Å². The zero-order chi connectivity index (χ0) is 15.7. The smallest absolute Gasteiger partial charge is 0.128 e. The number of hydrogen-bond donors (Lipinski definition) is 2. The zero-order valence-corrected chi connectivity index (χ0v) is 13.4. The number of hydrazine groups is 1. The molecule has 0 saturated carbocycles. The van der Waals surface area contributed by atoms with Gasteiger partial charge < -0.3 is 14.2 Å². The molecule has 0 aliphatic carbocycles. The van der Waals surface area contributed by atoms with Crippen LogP contribution in [0.5, 0.6) is 5.75 Å². The Bertz CT molecular complexity index is 427. The van der Waals surface area contributed by atoms with E-state index in [0.717, 1.165) is 35.4 Å². The Morgan fingerprint density at radius 2 is 2.00 bits per heavy atom. The Morgan fingerprint density at radius 1 is 1.24 bits per heavy atom. The number of ether oxygens (including phenoxy) is 3. The summed E-state index contributed by atoms with van der Waals surface area (Å²) in [7, 11) is 3.34. The number of nitrogens with two attached hydrogens (primary N) is 1. The van der Waals surface area contributed by atoms with Gasteiger partial charge in [-0.3, -0.25) is 16.3 Å². The van der Waals surface area contributed by atoms with Crippen LogP contribution < -0.4 is 16.0 Å². The molecule has 0 aliphatic rings. The highest BCUT2D eigenvalue weighted by Crippen LogP contribution is 2.24. The summed E-state index contributed by atoms with van der Waals surface area (Å²) < 4.78 is 15.8. The summed E-state index contributed by atoms with van der Waals surface area (Å²) in [6.07, 6.45) is 3.40. The lowest BCUT2D eigenvalue weighted by atomic mass is 10.0. The summed E-state index contributed by atoms with van der Waals surface area (Å²) in [5.41, 5.74) is 5.93. The minimum atomic E-state index is 0.117. The molecule has 1 rings (SSSR count). The van der Waals surface area contributed by atoms with Gasteiger partial charge in [-0.15, -0.1) is 0 Å². The number of nitrogens with zero attached hydrogens (tertiary/aromatic N) is 1. The van der Waals surface area contributed by atoms with E-state index in [-0.39, 0.29) is 6.04 Å². The van der Waals surface area contributed by atoms with E-state index in [1.165, 1.54) is 0 Å². The molecule has 0 fully saturated rings. The van der Waals surface area contributed by atoms with Crippen LogP contribution in [0.4, 0.5) is 0 Å². The van der Waals surface area contributed by atoms with E-state index in [4.69, 9.17) is 20.1 Å². The normalized spacial score (nSPS) is 12.4. The van der Waals surface area contributed by atoms with Crippen LogP contribution in [0.2, 0.25) is 0 Å². The van der Waals surface area contributed by atoms with Gasteiger partial charge in [-0.25, -0.2) is 0 Å². The van der Waals surface area contributed by atoms with Crippen molar-refractivity contribution in [3.8, 4) is 5.75 Å². The average Bonchev–Trinajstić information content (AvgIpc) is 2.48. The van der Waals surface area contributed by atoms with Crippen LogP contribution in [0.25, 0.3) is 0 Å². The fraction of sp³-hybridized carbons (Fsp3) is 0.667. The highest BCUT2D eigenvalue weighted by Gasteiger charge is 2.14. The second-order valence-corrected chi connectivity index (χ2v) is 5.01. The number of rotatable bonds is 10. The fourth-order valence-electron chi connectivity index (χ4n) is 2.22. The van der Waals surface area contributed by atoms with E-state index in [1.54, 1.807) is 14.2 Å². The number of hydrogen-bond acceptors (Lipinski definition) is 6. The zero-order valence-electron chi connectivity index (χ0n) is 13.4. The van der Waals surface area contributed by atoms with E-state index in [1.807, 2.05) is 20.0 Å². The van der Waals surface area contributed by atoms with Gasteiger partial charge in [0.1, 0.15) is 5.75 Å². The van der Waals surface area contributed by atoms with Gasteiger partial charge in [0, 0.05) is 49.2 Å². The number of aromatic nitrogens is 1. The molecule has 0 saturated heterocycles. The Hall–Kier alpha value is -1.21. The first-order valence-electron chi connectivity index (χ1n) is 7.15. The molecule has 0 aromatic carbocycles. The molecule has 1 aromatic heterocycles. The second kappa shape index (κ2) is 9.68. The molecule has 120 valence electrons. The summed E-state index contributed by atoms with van der Waals surface area (Å²) in [6, 6.07) is 0.117. The van der Waals surface area contributed by atoms with Crippen molar-refractivity contribution in [2.75, 3.05) is 34.0 Å². The first kappa shape index (κ1) is 17.8. The molecule has 0 amide bonds. The Labute approximate surface area is 127 Å². The summed E-state index contributed by atoms with van der Waals surface area (Å²) in [4.78, 5) is 4.50. The summed E-state index contributed by atoms with van der Waals surface area (Å²) in [5, 5.41) is 0. The molecule has 1 unspecified atom stereocenters. The second-order valence-electron chi connectivity index (χ2n) is 5.01. The van der Waals surface area contributed by atoms with Gasteiger partial charge >= 0.3 is 0 Å². The average molecular weight is 297 g/mol. The van der Waals surface area contributed by atoms with Gasteiger partial charge in [-0.1, -0.05) is 0 Å². The number of aryl methyl sites for hydroxylation is 1. The van der Waals surface area contributed by atoms with Gasteiger partial charge in [0.05, 0.1) is 20.3 Å². The maximum absolute atomic E-state index is 5.62. The van der Waals surface area contributed by atoms with Crippen LogP contribution in [-0.4, -0.2) is 45.1 Å². The van der Waals surface area contributed by atoms with Crippen molar-refractivity contribution in [3.05, 3.63) is 23.0 Å². The van der Waals surface area contributed by atoms with E-state index in [9.17, 15) is 0 Å². The summed E-state index contributed by atoms with van der Waals surface area (Å²) in [6.45, 7) is 5.86. The maximum Gasteiger partial charge on any atom is 0.128 e. The Kier molecular flexibility index (Phi) is 8.22. The Morgan fingerprint density at radius 3 is 2.62 bits per heavy atom. The molecule has 1 atom stereocenters. The van der Waals surface area contributed by atoms with Crippen molar-refractivity contribution in [1.29, 1.82) is 0 Å². The van der Waals surface area contributed by atoms with E-state index >= 15 is 0 Å². The monoisotopic (exact) mass is 297 g/mol. The first-order valence-corrected chi connectivity index (χ1v) is 7.15. The van der Waals surface area contributed by atoms with Crippen LogP contribution in [0.3, 0.4) is 0 Å². The molecule has 0 spiro atoms. The van der Waals surface area contributed by atoms with Crippen molar-refractivity contribution in [3.63, 3.8) is 0 Å². The largest absolute Gasteiger partial charge is 0.496 e. The predicted molar refractivity (Wildman–Crippen MR) is 82.4 cm³/mol. The Balaban J connectivity index is 2.57. The molecule has 1 heterocycles. The third-order valence-electron chi connectivity index (χ3n) is 3.47. The van der Waals surface area contributed by atoms with Crippen molar-refractivity contribution in [2.45, 2.75) is 32.7 Å². The minimum Gasteiger partial charge on any atom is -0.496 e. The lowest BCUT2D eigenvalue weighted by Crippen LogP contribution is -2.38. The summed E-state index contributed by atoms with van der Waals surface area (Å²) in [5.74, 6) is 6.52. The summed E-state index contributed by atoms with van der Waals surface area (Å²) >= 11 is 0. The first-order chi connectivity index (χ1) is 10.1. The standard InChI is InChI=1S/C15H27N3O3/c1-11-10-17-14(12(2)15(11)20-4)9-13(18-16)5-6-21-8-7-19-3/h10,13,18H,5-9,16H2,1-4H3. The van der Waals surface area contributed by atoms with Gasteiger partial charge in [0.2, 0.25) is 0 Å². The third-order valence-corrected chi connectivity index (χ3v) is 3.47. The lowest BCUT2D eigenvalue weighted by molar-refractivity contribution is 0.0657. The highest BCUT2D eigenvalue weighted by molar-refractivity contribution is 5.41. The minimum absolute atomic E-state index is 0.117. The molecule has 21 heavy (non-hydrogen) atoms. The fourth-order valence-corrected chi connectivity index (χ4v) is 2.22. The third kappa shape index (κ3) is 5.59. The van der Waals surface area contributed by atoms with Gasteiger partial charge in [-0.05, 0) is 20.3 Å². The van der Waals surface area contributed by atoms with Crippen molar-refractivity contribution in [1.82, 2.24) is 10.4 Å². The maximum atomic E-state index is 5.62. The topological polar surface area (TPSA) is 78.6 Å². The van der Waals surface area contributed by atoms with Gasteiger partial charge in [0.15, 0.2) is 0 Å². The molecular weight excluding hydrogens is 270 g/mol. The van der Waals surface area contributed by atoms with E-state index < -0.39 is 0 Å². The van der Waals surface area contributed by atoms with E-state index in [2.05, 4.69) is 10.4 Å². The van der Waals surface area contributed by atoms with Crippen LogP contribution in [0.1, 0.15) is 23.2 Å². The van der Waals surface area contributed by atoms with Crippen LogP contribution in [0, 0.1) is 13.8 Å². The molecule has 6 heteroatoms. The SMILES string of the molecule is COCCOCCC(Cc1ncc(C)c(OC)c1C)NN. The van der Waals surface area contributed by atoms with Crippen molar-refractivity contribution in [2.24, 2.45) is 5.84 Å². The van der Waals surface area contributed by atoms with Crippen molar-refractivity contribution >= 4 is 0 Å². The van der Waals surface area contributed by atoms with Gasteiger partial charge in [0.25, 0.3) is 0 Å². The molecule has 6 nitrogen and oxygen atoms in total. The quantitative estimate of drug-likeness (QED) is 0.383. The number of methoxy groups -OCH3 is 2. The van der Waals surface area contributed by atoms with Crippen LogP contribution in [-0.2, 0) is 15.9 Å². The molecular formula is C15H27N3O3. The molecule has 0 aliphatic heterocycles. The highest BCUT2D eigenvalue weighted by atomic mass is 16.5. The molecule has 3 N–H and O–H groups in total. The predicted octanol–water partition coefficient (Wildman–Crippen LogP) is 1.13. The lowest BCUT2D eigenvalue weighted by Gasteiger charge is -2.18. The van der Waals surface area contributed by atoms with Crippen LogP contribution >= 0.6 is 0 Å². The van der Waals surface area contributed by atoms with Gasteiger partial charge in [-0.2, -0.15) is 0 Å². The number of pyridine rings is 1.